The van der Waals surface area contributed by atoms with Gasteiger partial charge in [-0.2, -0.15) is 0 Å². The van der Waals surface area contributed by atoms with E-state index >= 15 is 0 Å². The highest BCUT2D eigenvalue weighted by atomic mass is 16.3. The van der Waals surface area contributed by atoms with Crippen molar-refractivity contribution in [3.63, 3.8) is 0 Å². The molecule has 0 aliphatic heterocycles. The molecule has 9 atom stereocenters. The summed E-state index contributed by atoms with van der Waals surface area (Å²) in [5, 5.41) is 21.5. The first-order valence-corrected chi connectivity index (χ1v) is 12.7. The van der Waals surface area contributed by atoms with Crippen LogP contribution in [-0.2, 0) is 0 Å². The van der Waals surface area contributed by atoms with Crippen LogP contribution in [0.15, 0.2) is 11.6 Å². The Morgan fingerprint density at radius 1 is 0.966 bits per heavy atom. The van der Waals surface area contributed by atoms with Gasteiger partial charge in [0.25, 0.3) is 0 Å². The Balaban J connectivity index is 1.54. The lowest BCUT2D eigenvalue weighted by atomic mass is 9.46. The fraction of sp³-hybridized carbons (Fsp3) is 0.926. The first kappa shape index (κ1) is 21.9. The van der Waals surface area contributed by atoms with Gasteiger partial charge in [-0.05, 0) is 91.3 Å². The van der Waals surface area contributed by atoms with Crippen molar-refractivity contribution in [1.29, 1.82) is 0 Å². The summed E-state index contributed by atoms with van der Waals surface area (Å²) < 4.78 is 0. The monoisotopic (exact) mass is 402 g/mol. The third kappa shape index (κ3) is 3.65. The molecule has 0 bridgehead atoms. The first-order chi connectivity index (χ1) is 13.7. The molecule has 0 spiro atoms. The van der Waals surface area contributed by atoms with Crippen LogP contribution in [0, 0.1) is 46.3 Å². The molecule has 0 amide bonds. The zero-order chi connectivity index (χ0) is 21.0. The highest BCUT2D eigenvalue weighted by Crippen LogP contribution is 2.67. The molecule has 2 heteroatoms. The van der Waals surface area contributed by atoms with Crippen LogP contribution in [0.25, 0.3) is 0 Å². The Morgan fingerprint density at radius 3 is 2.45 bits per heavy atom. The smallest absolute Gasteiger partial charge is 0.0757 e. The van der Waals surface area contributed by atoms with Gasteiger partial charge in [-0.1, -0.05) is 65.5 Å². The Labute approximate surface area is 179 Å². The molecule has 0 heterocycles. The molecule has 29 heavy (non-hydrogen) atoms. The van der Waals surface area contributed by atoms with Gasteiger partial charge >= 0.3 is 0 Å². The molecular weight excluding hydrogens is 356 g/mol. The molecule has 0 aromatic rings. The van der Waals surface area contributed by atoms with Crippen LogP contribution >= 0.6 is 0 Å². The van der Waals surface area contributed by atoms with Crippen LogP contribution in [0.2, 0.25) is 0 Å². The fourth-order valence-electron chi connectivity index (χ4n) is 8.65. The molecule has 3 fully saturated rings. The quantitative estimate of drug-likeness (QED) is 0.525. The van der Waals surface area contributed by atoms with E-state index in [1.54, 1.807) is 0 Å². The van der Waals surface area contributed by atoms with E-state index < -0.39 is 0 Å². The second kappa shape index (κ2) is 7.97. The van der Waals surface area contributed by atoms with Gasteiger partial charge in [0.05, 0.1) is 12.2 Å². The van der Waals surface area contributed by atoms with Crippen LogP contribution in [-0.4, -0.2) is 22.4 Å². The average Bonchev–Trinajstić information content (AvgIpc) is 3.00. The minimum atomic E-state index is -0.298. The topological polar surface area (TPSA) is 40.5 Å². The number of fused-ring (bicyclic) bond motifs is 5. The van der Waals surface area contributed by atoms with Crippen molar-refractivity contribution in [3.8, 4) is 0 Å². The molecule has 4 aliphatic carbocycles. The molecule has 2 N–H and O–H groups in total. The largest absolute Gasteiger partial charge is 0.393 e. The normalized spacial score (nSPS) is 47.9. The maximum atomic E-state index is 11.3. The van der Waals surface area contributed by atoms with Crippen LogP contribution in [0.3, 0.4) is 0 Å². The SMILES string of the molecule is CC(C)CCC[C@@H](C)C1CCC2C3C(O)C=C4CC(O)CCC4(C)C3CCC21C. The van der Waals surface area contributed by atoms with Crippen molar-refractivity contribution in [3.05, 3.63) is 11.6 Å². The predicted octanol–water partition coefficient (Wildman–Crippen LogP) is 6.36. The van der Waals surface area contributed by atoms with Crippen molar-refractivity contribution < 1.29 is 10.2 Å². The summed E-state index contributed by atoms with van der Waals surface area (Å²) in [5.74, 6) is 4.18. The van der Waals surface area contributed by atoms with Crippen LogP contribution < -0.4 is 0 Å². The number of hydrogen-bond donors (Lipinski definition) is 2. The van der Waals surface area contributed by atoms with Crippen molar-refractivity contribution in [2.45, 2.75) is 111 Å². The Hall–Kier alpha value is -0.340. The van der Waals surface area contributed by atoms with E-state index in [4.69, 9.17) is 0 Å². The van der Waals surface area contributed by atoms with Crippen molar-refractivity contribution >= 4 is 0 Å². The van der Waals surface area contributed by atoms with E-state index in [2.05, 4.69) is 40.7 Å². The molecule has 8 unspecified atom stereocenters. The summed E-state index contributed by atoms with van der Waals surface area (Å²) in [5.41, 5.74) is 1.99. The summed E-state index contributed by atoms with van der Waals surface area (Å²) >= 11 is 0. The molecule has 0 aromatic heterocycles. The molecule has 0 saturated heterocycles. The number of aliphatic hydroxyl groups is 2. The minimum absolute atomic E-state index is 0.200. The lowest BCUT2D eigenvalue weighted by Crippen LogP contribution is -2.54. The van der Waals surface area contributed by atoms with Gasteiger partial charge < -0.3 is 10.2 Å². The van der Waals surface area contributed by atoms with Gasteiger partial charge in [0, 0.05) is 0 Å². The van der Waals surface area contributed by atoms with Crippen LogP contribution in [0.4, 0.5) is 0 Å². The molecule has 0 aromatic carbocycles. The highest BCUT2D eigenvalue weighted by Gasteiger charge is 2.61. The standard InChI is InChI=1S/C27H46O2/c1-17(2)7-6-8-18(3)21-9-10-22-25-23(12-14-27(21,22)5)26(4)13-11-20(28)15-19(26)16-24(25)29/h16-18,20-25,28-29H,6-15H2,1-5H3/t18-,20?,21?,22?,23?,24?,25?,26?,27?/m1/s1. The maximum Gasteiger partial charge on any atom is 0.0757 e. The summed E-state index contributed by atoms with van der Waals surface area (Å²) in [6.07, 6.45) is 13.9. The summed E-state index contributed by atoms with van der Waals surface area (Å²) in [4.78, 5) is 0. The zero-order valence-corrected chi connectivity index (χ0v) is 19.7. The molecule has 0 radical (unpaired) electrons. The van der Waals surface area contributed by atoms with E-state index in [0.717, 1.165) is 37.0 Å². The second-order valence-corrected chi connectivity index (χ2v) is 12.3. The van der Waals surface area contributed by atoms with Crippen molar-refractivity contribution in [1.82, 2.24) is 0 Å². The minimum Gasteiger partial charge on any atom is -0.393 e. The second-order valence-electron chi connectivity index (χ2n) is 12.3. The van der Waals surface area contributed by atoms with Gasteiger partial charge in [0.1, 0.15) is 0 Å². The lowest BCUT2D eigenvalue weighted by molar-refractivity contribution is -0.0970. The van der Waals surface area contributed by atoms with Crippen LogP contribution in [0.1, 0.15) is 98.8 Å². The molecule has 166 valence electrons. The van der Waals surface area contributed by atoms with E-state index in [0.29, 0.717) is 23.2 Å². The molecular formula is C27H46O2. The Kier molecular flexibility index (Phi) is 6.01. The number of aliphatic hydroxyl groups excluding tert-OH is 2. The Bertz CT molecular complexity index is 624. The maximum absolute atomic E-state index is 11.3. The van der Waals surface area contributed by atoms with Gasteiger partial charge in [-0.3, -0.25) is 0 Å². The van der Waals surface area contributed by atoms with Gasteiger partial charge in [-0.25, -0.2) is 0 Å². The predicted molar refractivity (Wildman–Crippen MR) is 120 cm³/mol. The molecule has 2 nitrogen and oxygen atoms in total. The van der Waals surface area contributed by atoms with E-state index in [1.165, 1.54) is 50.5 Å². The van der Waals surface area contributed by atoms with Crippen molar-refractivity contribution in [2.24, 2.45) is 46.3 Å². The third-order valence-corrected chi connectivity index (χ3v) is 10.3. The summed E-state index contributed by atoms with van der Waals surface area (Å²) in [6, 6.07) is 0. The number of hydrogen-bond acceptors (Lipinski definition) is 2. The van der Waals surface area contributed by atoms with E-state index in [9.17, 15) is 10.2 Å². The van der Waals surface area contributed by atoms with Gasteiger partial charge in [0.15, 0.2) is 0 Å². The third-order valence-electron chi connectivity index (χ3n) is 10.3. The molecule has 4 rings (SSSR count). The van der Waals surface area contributed by atoms with Gasteiger partial charge in [0.2, 0.25) is 0 Å². The van der Waals surface area contributed by atoms with Crippen LogP contribution in [0.5, 0.6) is 0 Å². The summed E-state index contributed by atoms with van der Waals surface area (Å²) in [6.45, 7) is 12.2. The number of rotatable bonds is 5. The van der Waals surface area contributed by atoms with Crippen molar-refractivity contribution in [2.75, 3.05) is 0 Å². The first-order valence-electron chi connectivity index (χ1n) is 12.7. The molecule has 3 saturated carbocycles. The Morgan fingerprint density at radius 2 is 1.72 bits per heavy atom. The summed E-state index contributed by atoms with van der Waals surface area (Å²) in [7, 11) is 0. The van der Waals surface area contributed by atoms with Gasteiger partial charge in [-0.15, -0.1) is 0 Å². The highest BCUT2D eigenvalue weighted by molar-refractivity contribution is 5.27. The van der Waals surface area contributed by atoms with E-state index in [1.807, 2.05) is 0 Å². The van der Waals surface area contributed by atoms with E-state index in [-0.39, 0.29) is 17.6 Å². The average molecular weight is 403 g/mol. The fourth-order valence-corrected chi connectivity index (χ4v) is 8.65. The zero-order valence-electron chi connectivity index (χ0n) is 19.7. The lowest BCUT2D eigenvalue weighted by Gasteiger charge is -2.59. The molecule has 4 aliphatic rings.